The van der Waals surface area contributed by atoms with Crippen molar-refractivity contribution in [1.29, 1.82) is 0 Å². The molecule has 6 nitrogen and oxygen atoms in total. The number of benzene rings is 1. The summed E-state index contributed by atoms with van der Waals surface area (Å²) in [5.41, 5.74) is 2.15. The molecular weight excluding hydrogens is 304 g/mol. The molecular formula is C18H28N4O2. The van der Waals surface area contributed by atoms with Crippen LogP contribution in [-0.4, -0.2) is 45.7 Å². The number of hydrogen-bond acceptors (Lipinski definition) is 3. The van der Waals surface area contributed by atoms with Crippen LogP contribution in [0.1, 0.15) is 31.2 Å². The molecule has 1 aliphatic heterocycles. The Hall–Kier alpha value is -2.08. The van der Waals surface area contributed by atoms with E-state index in [0.29, 0.717) is 13.0 Å². The van der Waals surface area contributed by atoms with Crippen molar-refractivity contribution in [3.63, 3.8) is 0 Å². The van der Waals surface area contributed by atoms with Gasteiger partial charge >= 0.3 is 0 Å². The van der Waals surface area contributed by atoms with Crippen molar-refractivity contribution in [3.8, 4) is 0 Å². The average Bonchev–Trinajstić information content (AvgIpc) is 2.62. The fourth-order valence-electron chi connectivity index (χ4n) is 2.70. The van der Waals surface area contributed by atoms with Crippen molar-refractivity contribution in [2.45, 2.75) is 32.2 Å². The highest BCUT2D eigenvalue weighted by molar-refractivity contribution is 5.93. The number of methoxy groups -OCH3 is 1. The van der Waals surface area contributed by atoms with Crippen LogP contribution < -0.4 is 15.5 Å². The van der Waals surface area contributed by atoms with Gasteiger partial charge in [-0.05, 0) is 37.0 Å². The molecule has 0 aliphatic carbocycles. The van der Waals surface area contributed by atoms with Crippen LogP contribution in [-0.2, 0) is 16.1 Å². The van der Waals surface area contributed by atoms with Crippen molar-refractivity contribution in [1.82, 2.24) is 10.6 Å². The van der Waals surface area contributed by atoms with Gasteiger partial charge in [-0.2, -0.15) is 0 Å². The van der Waals surface area contributed by atoms with Crippen LogP contribution in [0.25, 0.3) is 0 Å². The quantitative estimate of drug-likeness (QED) is 0.455. The highest BCUT2D eigenvalue weighted by Gasteiger charge is 2.19. The monoisotopic (exact) mass is 332 g/mol. The molecule has 0 bridgehead atoms. The van der Waals surface area contributed by atoms with E-state index in [4.69, 9.17) is 4.74 Å². The number of ether oxygens (including phenoxy) is 1. The summed E-state index contributed by atoms with van der Waals surface area (Å²) in [4.78, 5) is 18.0. The molecule has 1 heterocycles. The fourth-order valence-corrected chi connectivity index (χ4v) is 2.70. The van der Waals surface area contributed by atoms with Crippen molar-refractivity contribution in [3.05, 3.63) is 29.8 Å². The largest absolute Gasteiger partial charge is 0.385 e. The van der Waals surface area contributed by atoms with E-state index in [9.17, 15) is 4.79 Å². The number of nitrogens with zero attached hydrogens (tertiary/aromatic N) is 2. The molecule has 2 N–H and O–H groups in total. The zero-order chi connectivity index (χ0) is 17.2. The zero-order valence-electron chi connectivity index (χ0n) is 14.7. The van der Waals surface area contributed by atoms with Crippen molar-refractivity contribution in [2.24, 2.45) is 4.99 Å². The normalized spacial score (nSPS) is 15.5. The Morgan fingerprint density at radius 3 is 2.71 bits per heavy atom. The van der Waals surface area contributed by atoms with Gasteiger partial charge in [-0.3, -0.25) is 9.79 Å². The van der Waals surface area contributed by atoms with Crippen LogP contribution in [0.3, 0.4) is 0 Å². The fraction of sp³-hybridized carbons (Fsp3) is 0.556. The first-order chi connectivity index (χ1) is 11.7. The Morgan fingerprint density at radius 1 is 1.25 bits per heavy atom. The molecule has 1 aliphatic rings. The minimum absolute atomic E-state index is 0.229. The molecule has 0 spiro atoms. The number of piperidine rings is 1. The zero-order valence-corrected chi connectivity index (χ0v) is 14.7. The van der Waals surface area contributed by atoms with Crippen LogP contribution in [0, 0.1) is 0 Å². The molecule has 132 valence electrons. The molecule has 1 amide bonds. The van der Waals surface area contributed by atoms with Gasteiger partial charge in [0, 0.05) is 52.5 Å². The van der Waals surface area contributed by atoms with Crippen molar-refractivity contribution in [2.75, 3.05) is 38.8 Å². The van der Waals surface area contributed by atoms with E-state index < -0.39 is 0 Å². The molecule has 1 fully saturated rings. The number of nitrogens with one attached hydrogen (secondary N) is 2. The van der Waals surface area contributed by atoms with Gasteiger partial charge in [0.15, 0.2) is 5.96 Å². The van der Waals surface area contributed by atoms with E-state index in [0.717, 1.165) is 56.2 Å². The lowest BCUT2D eigenvalue weighted by Crippen LogP contribution is -2.37. The van der Waals surface area contributed by atoms with Gasteiger partial charge in [-0.25, -0.2) is 0 Å². The molecule has 1 saturated heterocycles. The molecule has 1 aromatic rings. The van der Waals surface area contributed by atoms with E-state index in [1.807, 2.05) is 17.0 Å². The van der Waals surface area contributed by atoms with Gasteiger partial charge < -0.3 is 20.3 Å². The van der Waals surface area contributed by atoms with Crippen LogP contribution in [0.15, 0.2) is 29.3 Å². The summed E-state index contributed by atoms with van der Waals surface area (Å²) in [6.45, 7) is 3.08. The van der Waals surface area contributed by atoms with Gasteiger partial charge in [0.05, 0.1) is 0 Å². The summed E-state index contributed by atoms with van der Waals surface area (Å²) in [7, 11) is 3.46. The van der Waals surface area contributed by atoms with Gasteiger partial charge in [0.2, 0.25) is 5.91 Å². The summed E-state index contributed by atoms with van der Waals surface area (Å²) in [6, 6.07) is 8.16. The third kappa shape index (κ3) is 5.53. The molecule has 0 unspecified atom stereocenters. The van der Waals surface area contributed by atoms with Crippen LogP contribution in [0.2, 0.25) is 0 Å². The first kappa shape index (κ1) is 18.3. The van der Waals surface area contributed by atoms with Crippen LogP contribution in [0.5, 0.6) is 0 Å². The van der Waals surface area contributed by atoms with E-state index in [1.54, 1.807) is 14.2 Å². The Balaban J connectivity index is 1.81. The van der Waals surface area contributed by atoms with Crippen LogP contribution in [0.4, 0.5) is 5.69 Å². The lowest BCUT2D eigenvalue weighted by atomic mass is 10.1. The molecule has 0 atom stereocenters. The lowest BCUT2D eigenvalue weighted by Gasteiger charge is -2.26. The average molecular weight is 332 g/mol. The first-order valence-electron chi connectivity index (χ1n) is 8.57. The van der Waals surface area contributed by atoms with Crippen molar-refractivity contribution < 1.29 is 9.53 Å². The number of carbonyl (C=O) groups is 1. The maximum Gasteiger partial charge on any atom is 0.226 e. The van der Waals surface area contributed by atoms with E-state index in [1.165, 1.54) is 0 Å². The minimum atomic E-state index is 0.229. The Bertz CT molecular complexity index is 542. The second kappa shape index (κ2) is 9.93. The minimum Gasteiger partial charge on any atom is -0.385 e. The molecule has 24 heavy (non-hydrogen) atoms. The summed E-state index contributed by atoms with van der Waals surface area (Å²) in [5.74, 6) is 1.01. The maximum atomic E-state index is 12.0. The number of anilines is 1. The second-order valence-electron chi connectivity index (χ2n) is 5.87. The highest BCUT2D eigenvalue weighted by atomic mass is 16.5. The Kier molecular flexibility index (Phi) is 7.55. The van der Waals surface area contributed by atoms with Crippen molar-refractivity contribution >= 4 is 17.6 Å². The first-order valence-corrected chi connectivity index (χ1v) is 8.57. The SMILES string of the molecule is CN=C(NCCCOC)NCc1ccc(N2CCCCC2=O)cc1. The lowest BCUT2D eigenvalue weighted by molar-refractivity contribution is -0.119. The predicted octanol–water partition coefficient (Wildman–Crippen LogP) is 1.90. The van der Waals surface area contributed by atoms with Gasteiger partial charge in [-0.1, -0.05) is 12.1 Å². The third-order valence-electron chi connectivity index (χ3n) is 4.07. The molecule has 0 aromatic heterocycles. The molecule has 2 rings (SSSR count). The van der Waals surface area contributed by atoms with Gasteiger partial charge in [0.1, 0.15) is 0 Å². The Morgan fingerprint density at radius 2 is 2.04 bits per heavy atom. The summed E-state index contributed by atoms with van der Waals surface area (Å²) < 4.78 is 5.03. The molecule has 0 radical (unpaired) electrons. The Labute approximate surface area is 144 Å². The molecule has 6 heteroatoms. The number of guanidine groups is 1. The van der Waals surface area contributed by atoms with E-state index in [-0.39, 0.29) is 5.91 Å². The standard InChI is InChI=1S/C18H28N4O2/c1-19-18(20-11-5-13-24-2)21-14-15-7-9-16(10-8-15)22-12-4-3-6-17(22)23/h7-10H,3-6,11-14H2,1-2H3,(H2,19,20,21). The number of amides is 1. The number of carbonyl (C=O) groups excluding carboxylic acids is 1. The smallest absolute Gasteiger partial charge is 0.226 e. The molecule has 1 aromatic carbocycles. The highest BCUT2D eigenvalue weighted by Crippen LogP contribution is 2.21. The third-order valence-corrected chi connectivity index (χ3v) is 4.07. The number of hydrogen-bond donors (Lipinski definition) is 2. The maximum absolute atomic E-state index is 12.0. The van der Waals surface area contributed by atoms with E-state index >= 15 is 0 Å². The molecule has 0 saturated carbocycles. The summed E-state index contributed by atoms with van der Waals surface area (Å²) in [6.07, 6.45) is 3.69. The second-order valence-corrected chi connectivity index (χ2v) is 5.87. The summed E-state index contributed by atoms with van der Waals surface area (Å²) in [5, 5.41) is 6.54. The number of rotatable bonds is 7. The number of aliphatic imine (C=N–C) groups is 1. The van der Waals surface area contributed by atoms with Crippen LogP contribution >= 0.6 is 0 Å². The topological polar surface area (TPSA) is 66.0 Å². The summed E-state index contributed by atoms with van der Waals surface area (Å²) >= 11 is 0. The van der Waals surface area contributed by atoms with E-state index in [2.05, 4.69) is 27.8 Å². The predicted molar refractivity (Wildman–Crippen MR) is 97.3 cm³/mol. The van der Waals surface area contributed by atoms with Gasteiger partial charge in [-0.15, -0.1) is 0 Å². The van der Waals surface area contributed by atoms with Gasteiger partial charge in [0.25, 0.3) is 0 Å².